The number of nitro groups is 1. The van der Waals surface area contributed by atoms with Gasteiger partial charge in [-0.3, -0.25) is 14.9 Å². The Bertz CT molecular complexity index is 776. The number of carbonyl (C=O) groups excluding carboxylic acids is 1. The van der Waals surface area contributed by atoms with Gasteiger partial charge >= 0.3 is 5.97 Å². The molecule has 1 aromatic rings. The minimum atomic E-state index is -3.91. The highest BCUT2D eigenvalue weighted by Gasteiger charge is 2.33. The fraction of sp³-hybridized carbons (Fsp3) is 0.429. The first-order chi connectivity index (χ1) is 11.7. The van der Waals surface area contributed by atoms with Crippen LogP contribution in [-0.2, 0) is 19.6 Å². The van der Waals surface area contributed by atoms with E-state index < -0.39 is 32.9 Å². The predicted molar refractivity (Wildman–Crippen MR) is 85.3 cm³/mol. The number of amides is 1. The highest BCUT2D eigenvalue weighted by molar-refractivity contribution is 7.89. The monoisotopic (exact) mass is 371 g/mol. The normalized spacial score (nSPS) is 17.4. The summed E-state index contributed by atoms with van der Waals surface area (Å²) in [5.41, 5.74) is -0.233. The lowest BCUT2D eigenvalue weighted by Gasteiger charge is -2.21. The molecule has 2 rings (SSSR count). The Labute approximate surface area is 143 Å². The van der Waals surface area contributed by atoms with E-state index in [1.165, 1.54) is 4.90 Å². The summed E-state index contributed by atoms with van der Waals surface area (Å²) in [6.45, 7) is 0.145. The maximum atomic E-state index is 12.1. The predicted octanol–water partition coefficient (Wildman–Crippen LogP) is 0.339. The number of likely N-dealkylation sites (tertiary alicyclic amines) is 1. The van der Waals surface area contributed by atoms with Crippen LogP contribution in [0.15, 0.2) is 29.2 Å². The van der Waals surface area contributed by atoms with Crippen molar-refractivity contribution in [1.29, 1.82) is 0 Å². The average Bonchev–Trinajstić information content (AvgIpc) is 3.04. The molecule has 136 valence electrons. The van der Waals surface area contributed by atoms with E-state index >= 15 is 0 Å². The smallest absolute Gasteiger partial charge is 0.326 e. The lowest BCUT2D eigenvalue weighted by molar-refractivity contribution is -0.384. The first-order valence-electron chi connectivity index (χ1n) is 7.49. The Hall–Kier alpha value is -2.53. The van der Waals surface area contributed by atoms with Crippen LogP contribution in [0.2, 0.25) is 0 Å². The van der Waals surface area contributed by atoms with Gasteiger partial charge in [0.2, 0.25) is 15.9 Å². The fourth-order valence-electron chi connectivity index (χ4n) is 2.59. The van der Waals surface area contributed by atoms with E-state index in [0.29, 0.717) is 19.4 Å². The van der Waals surface area contributed by atoms with Crippen LogP contribution >= 0.6 is 0 Å². The van der Waals surface area contributed by atoms with Crippen molar-refractivity contribution in [1.82, 2.24) is 9.62 Å². The van der Waals surface area contributed by atoms with Crippen LogP contribution in [0.3, 0.4) is 0 Å². The number of hydrogen-bond donors (Lipinski definition) is 2. The van der Waals surface area contributed by atoms with Crippen molar-refractivity contribution >= 4 is 27.6 Å². The van der Waals surface area contributed by atoms with Gasteiger partial charge in [0.05, 0.1) is 9.82 Å². The second-order valence-electron chi connectivity index (χ2n) is 5.48. The maximum Gasteiger partial charge on any atom is 0.326 e. The highest BCUT2D eigenvalue weighted by Crippen LogP contribution is 2.19. The number of nitrogens with zero attached hydrogens (tertiary/aromatic N) is 2. The molecule has 10 nitrogen and oxygen atoms in total. The minimum Gasteiger partial charge on any atom is -0.480 e. The van der Waals surface area contributed by atoms with Crippen molar-refractivity contribution in [3.63, 3.8) is 0 Å². The molecule has 0 unspecified atom stereocenters. The van der Waals surface area contributed by atoms with Crippen LogP contribution in [0.4, 0.5) is 5.69 Å². The summed E-state index contributed by atoms with van der Waals surface area (Å²) in [5.74, 6) is -1.51. The van der Waals surface area contributed by atoms with Gasteiger partial charge in [0.15, 0.2) is 0 Å². The third-order valence-electron chi connectivity index (χ3n) is 3.85. The number of carbonyl (C=O) groups is 2. The van der Waals surface area contributed by atoms with Gasteiger partial charge in [-0.25, -0.2) is 17.9 Å². The zero-order valence-corrected chi connectivity index (χ0v) is 13.9. The summed E-state index contributed by atoms with van der Waals surface area (Å²) >= 11 is 0. The van der Waals surface area contributed by atoms with Crippen LogP contribution in [0, 0.1) is 10.1 Å². The van der Waals surface area contributed by atoms with Crippen LogP contribution < -0.4 is 4.72 Å². The Morgan fingerprint density at radius 2 is 1.96 bits per heavy atom. The molecule has 1 atom stereocenters. The molecule has 1 aliphatic rings. The number of nitro benzene ring substituents is 1. The summed E-state index contributed by atoms with van der Waals surface area (Å²) in [7, 11) is -3.91. The van der Waals surface area contributed by atoms with Crippen molar-refractivity contribution in [2.45, 2.75) is 30.2 Å². The number of nitrogens with one attached hydrogen (secondary N) is 1. The lowest BCUT2D eigenvalue weighted by atomic mass is 10.2. The third-order valence-corrected chi connectivity index (χ3v) is 5.32. The first-order valence-corrected chi connectivity index (χ1v) is 8.97. The molecule has 0 aliphatic carbocycles. The standard InChI is InChI=1S/C14H17N3O7S/c18-13(16-9-1-2-12(16)14(19)20)7-8-15-25(23,24)11-5-3-10(4-6-11)17(21)22/h3-6,12,15H,1-2,7-9H2,(H,19,20)/t12-/m0/s1. The molecule has 0 spiro atoms. The van der Waals surface area contributed by atoms with Crippen LogP contribution in [0.1, 0.15) is 19.3 Å². The summed E-state index contributed by atoms with van der Waals surface area (Å²) in [5, 5.41) is 19.6. The van der Waals surface area contributed by atoms with Crippen LogP contribution in [0.5, 0.6) is 0 Å². The number of hydrogen-bond acceptors (Lipinski definition) is 6. The van der Waals surface area contributed by atoms with Crippen molar-refractivity contribution < 1.29 is 28.0 Å². The summed E-state index contributed by atoms with van der Waals surface area (Å²) in [4.78, 5) is 34.1. The number of carboxylic acids is 1. The van der Waals surface area contributed by atoms with E-state index in [-0.39, 0.29) is 23.5 Å². The maximum absolute atomic E-state index is 12.1. The molecule has 1 amide bonds. The quantitative estimate of drug-likeness (QED) is 0.519. The van der Waals surface area contributed by atoms with E-state index in [1.54, 1.807) is 0 Å². The molecule has 1 saturated heterocycles. The van der Waals surface area contributed by atoms with Gasteiger partial charge < -0.3 is 10.0 Å². The van der Waals surface area contributed by atoms with E-state index in [4.69, 9.17) is 5.11 Å². The topological polar surface area (TPSA) is 147 Å². The van der Waals surface area contributed by atoms with E-state index in [0.717, 1.165) is 24.3 Å². The van der Waals surface area contributed by atoms with E-state index in [9.17, 15) is 28.1 Å². The second-order valence-corrected chi connectivity index (χ2v) is 7.25. The molecule has 11 heteroatoms. The fourth-order valence-corrected chi connectivity index (χ4v) is 3.62. The molecule has 0 aromatic heterocycles. The number of rotatable bonds is 7. The zero-order chi connectivity index (χ0) is 18.6. The summed E-state index contributed by atoms with van der Waals surface area (Å²) in [6.07, 6.45) is 0.808. The van der Waals surface area contributed by atoms with Gasteiger partial charge in [0, 0.05) is 31.6 Å². The van der Waals surface area contributed by atoms with Crippen molar-refractivity contribution in [2.75, 3.05) is 13.1 Å². The number of carboxylic acid groups (broad SMARTS) is 1. The molecule has 0 radical (unpaired) electrons. The number of non-ortho nitro benzene ring substituents is 1. The summed E-state index contributed by atoms with van der Waals surface area (Å²) < 4.78 is 26.4. The Morgan fingerprint density at radius 3 is 2.52 bits per heavy atom. The first kappa shape index (κ1) is 18.8. The minimum absolute atomic E-state index is 0.157. The highest BCUT2D eigenvalue weighted by atomic mass is 32.2. The molecular formula is C14H17N3O7S. The van der Waals surface area contributed by atoms with Crippen molar-refractivity contribution in [3.8, 4) is 0 Å². The number of aliphatic carboxylic acids is 1. The Morgan fingerprint density at radius 1 is 1.32 bits per heavy atom. The number of sulfonamides is 1. The Balaban J connectivity index is 1.92. The molecule has 0 saturated carbocycles. The molecule has 1 aliphatic heterocycles. The van der Waals surface area contributed by atoms with Crippen LogP contribution in [-0.4, -0.2) is 54.4 Å². The zero-order valence-electron chi connectivity index (χ0n) is 13.1. The molecule has 1 heterocycles. The SMILES string of the molecule is O=C(O)[C@@H]1CCCN1C(=O)CCNS(=O)(=O)c1ccc([N+](=O)[O-])cc1. The van der Waals surface area contributed by atoms with Gasteiger partial charge in [-0.15, -0.1) is 0 Å². The molecule has 2 N–H and O–H groups in total. The summed E-state index contributed by atoms with van der Waals surface area (Å²) in [6, 6.07) is 3.48. The number of benzene rings is 1. The van der Waals surface area contributed by atoms with Crippen molar-refractivity contribution in [3.05, 3.63) is 34.4 Å². The molecule has 1 aromatic carbocycles. The molecular weight excluding hydrogens is 354 g/mol. The third kappa shape index (κ3) is 4.51. The molecule has 1 fully saturated rings. The lowest BCUT2D eigenvalue weighted by Crippen LogP contribution is -2.41. The van der Waals surface area contributed by atoms with Gasteiger partial charge in [-0.05, 0) is 25.0 Å². The van der Waals surface area contributed by atoms with Gasteiger partial charge in [-0.1, -0.05) is 0 Å². The average molecular weight is 371 g/mol. The van der Waals surface area contributed by atoms with Gasteiger partial charge in [-0.2, -0.15) is 0 Å². The van der Waals surface area contributed by atoms with Crippen LogP contribution in [0.25, 0.3) is 0 Å². The van der Waals surface area contributed by atoms with E-state index in [1.807, 2.05) is 0 Å². The second kappa shape index (κ2) is 7.57. The Kier molecular flexibility index (Phi) is 5.69. The largest absolute Gasteiger partial charge is 0.480 e. The molecule has 25 heavy (non-hydrogen) atoms. The van der Waals surface area contributed by atoms with Gasteiger partial charge in [0.1, 0.15) is 6.04 Å². The van der Waals surface area contributed by atoms with E-state index in [2.05, 4.69) is 4.72 Å². The van der Waals surface area contributed by atoms with Crippen molar-refractivity contribution in [2.24, 2.45) is 0 Å². The van der Waals surface area contributed by atoms with Gasteiger partial charge in [0.25, 0.3) is 5.69 Å². The molecule has 0 bridgehead atoms.